The van der Waals surface area contributed by atoms with Gasteiger partial charge in [0, 0.05) is 12.1 Å². The molecule has 0 unspecified atom stereocenters. The van der Waals surface area contributed by atoms with Gasteiger partial charge in [-0.05, 0) is 61.0 Å². The first-order chi connectivity index (χ1) is 22.4. The number of carboxylic acids is 1. The minimum Gasteiger partial charge on any atom is -0.481 e. The number of ether oxygens (including phenoxy) is 3. The van der Waals surface area contributed by atoms with Gasteiger partial charge in [0.05, 0.1) is 49.1 Å². The number of carboxylic acid groups (broad SMARTS) is 1. The third-order valence-corrected chi connectivity index (χ3v) is 9.13. The summed E-state index contributed by atoms with van der Waals surface area (Å²) in [6.45, 7) is 14.9. The average Bonchev–Trinajstić information content (AvgIpc) is 3.01. The van der Waals surface area contributed by atoms with E-state index >= 15 is 0 Å². The van der Waals surface area contributed by atoms with Crippen LogP contribution in [0.1, 0.15) is 74.8 Å². The van der Waals surface area contributed by atoms with Crippen LogP contribution in [0, 0.1) is 22.7 Å². The fourth-order valence-corrected chi connectivity index (χ4v) is 5.58. The van der Waals surface area contributed by atoms with Gasteiger partial charge in [-0.15, -0.1) is 0 Å². The van der Waals surface area contributed by atoms with Crippen molar-refractivity contribution in [3.63, 3.8) is 0 Å². The SMILES string of the molecule is CCOC(=O)C(C)(C)COS(=O)(=O)N[C@@H](C)[C@H](C)C(=O)O.CCOC(=O)C(C)(C)COS(=O)(=O)N[C@@H](C)[C@H](C)C(=O)OCc1ccccc1. The molecule has 3 N–H and O–H groups in total. The molecule has 1 aromatic rings. The number of hydrogen-bond donors (Lipinski definition) is 3. The average molecular weight is 741 g/mol. The number of hydrogen-bond acceptors (Lipinski definition) is 13. The van der Waals surface area contributed by atoms with E-state index in [0.29, 0.717) is 0 Å². The molecular formula is C31H52N2O14S2. The van der Waals surface area contributed by atoms with Gasteiger partial charge in [-0.3, -0.25) is 27.5 Å². The highest BCUT2D eigenvalue weighted by Gasteiger charge is 2.34. The van der Waals surface area contributed by atoms with E-state index in [1.807, 2.05) is 30.3 Å². The lowest BCUT2D eigenvalue weighted by Crippen LogP contribution is -2.43. The predicted molar refractivity (Wildman–Crippen MR) is 178 cm³/mol. The van der Waals surface area contributed by atoms with Gasteiger partial charge >= 0.3 is 44.5 Å². The first-order valence-electron chi connectivity index (χ1n) is 15.5. The second kappa shape index (κ2) is 20.5. The zero-order chi connectivity index (χ0) is 38.2. The second-order valence-electron chi connectivity index (χ2n) is 12.5. The fourth-order valence-electron chi connectivity index (χ4n) is 3.23. The molecule has 49 heavy (non-hydrogen) atoms. The summed E-state index contributed by atoms with van der Waals surface area (Å²) in [6, 6.07) is 7.55. The standard InChI is InChI=1S/C19H29NO7S.C12H23NO7S/c1-6-25-18(22)19(4,5)13-27-28(23,24)20-15(3)14(2)17(21)26-12-16-10-8-7-9-11-16;1-6-19-11(16)12(4,5)7-20-21(17,18)13-9(3)8(2)10(14)15/h7-11,14-15,20H,6,12-13H2,1-5H3;8-9,13H,6-7H2,1-5H3,(H,14,15)/t14-,15-;8-,9-/m00/s1. The van der Waals surface area contributed by atoms with Crippen molar-refractivity contribution in [3.8, 4) is 0 Å². The van der Waals surface area contributed by atoms with Crippen LogP contribution in [-0.2, 0) is 69.0 Å². The molecule has 1 aromatic carbocycles. The summed E-state index contributed by atoms with van der Waals surface area (Å²) < 4.78 is 76.6. The van der Waals surface area contributed by atoms with Crippen molar-refractivity contribution in [2.75, 3.05) is 26.4 Å². The highest BCUT2D eigenvalue weighted by molar-refractivity contribution is 7.85. The van der Waals surface area contributed by atoms with E-state index in [-0.39, 0.29) is 26.4 Å². The number of benzene rings is 1. The highest BCUT2D eigenvalue weighted by Crippen LogP contribution is 2.20. The van der Waals surface area contributed by atoms with Crippen molar-refractivity contribution in [3.05, 3.63) is 35.9 Å². The largest absolute Gasteiger partial charge is 0.481 e. The molecule has 18 heteroatoms. The fraction of sp³-hybridized carbons (Fsp3) is 0.677. The van der Waals surface area contributed by atoms with Crippen LogP contribution in [0.3, 0.4) is 0 Å². The van der Waals surface area contributed by atoms with Gasteiger partial charge in [-0.25, -0.2) is 0 Å². The number of esters is 3. The lowest BCUT2D eigenvalue weighted by atomic mass is 9.95. The summed E-state index contributed by atoms with van der Waals surface area (Å²) >= 11 is 0. The molecule has 0 radical (unpaired) electrons. The Morgan fingerprint density at radius 1 is 0.694 bits per heavy atom. The molecule has 0 aromatic heterocycles. The van der Waals surface area contributed by atoms with E-state index in [1.165, 1.54) is 48.5 Å². The Balaban J connectivity index is 0.000000983. The number of nitrogens with one attached hydrogen (secondary N) is 2. The van der Waals surface area contributed by atoms with Crippen molar-refractivity contribution in [2.45, 2.75) is 87.9 Å². The minimum atomic E-state index is -4.17. The Bertz CT molecular complexity index is 1430. The zero-order valence-corrected chi connectivity index (χ0v) is 31.4. The van der Waals surface area contributed by atoms with Crippen molar-refractivity contribution in [2.24, 2.45) is 22.7 Å². The summed E-state index contributed by atoms with van der Waals surface area (Å²) in [5, 5.41) is 8.80. The van der Waals surface area contributed by atoms with Gasteiger partial charge in [-0.2, -0.15) is 26.3 Å². The molecule has 282 valence electrons. The van der Waals surface area contributed by atoms with Crippen LogP contribution in [0.5, 0.6) is 0 Å². The maximum Gasteiger partial charge on any atom is 0.336 e. The Morgan fingerprint density at radius 2 is 1.08 bits per heavy atom. The molecule has 0 aliphatic carbocycles. The lowest BCUT2D eigenvalue weighted by molar-refractivity contribution is -0.155. The molecule has 16 nitrogen and oxygen atoms in total. The lowest BCUT2D eigenvalue weighted by Gasteiger charge is -2.23. The minimum absolute atomic E-state index is 0.105. The van der Waals surface area contributed by atoms with Crippen molar-refractivity contribution in [1.29, 1.82) is 0 Å². The zero-order valence-electron chi connectivity index (χ0n) is 29.8. The normalized spacial score (nSPS) is 14.7. The summed E-state index contributed by atoms with van der Waals surface area (Å²) in [5.41, 5.74) is -1.43. The van der Waals surface area contributed by atoms with Crippen LogP contribution in [-0.4, -0.2) is 84.3 Å². The quantitative estimate of drug-likeness (QED) is 0.129. The molecule has 0 bridgehead atoms. The molecule has 4 atom stereocenters. The summed E-state index contributed by atoms with van der Waals surface area (Å²) in [6.07, 6.45) is 0. The number of carbonyl (C=O) groups excluding carboxylic acids is 3. The maximum absolute atomic E-state index is 12.2. The summed E-state index contributed by atoms with van der Waals surface area (Å²) in [4.78, 5) is 46.3. The van der Waals surface area contributed by atoms with Gasteiger partial charge in [0.1, 0.15) is 6.61 Å². The van der Waals surface area contributed by atoms with E-state index in [1.54, 1.807) is 20.8 Å². The maximum atomic E-state index is 12.2. The predicted octanol–water partition coefficient (Wildman–Crippen LogP) is 2.73. The molecule has 0 saturated heterocycles. The van der Waals surface area contributed by atoms with Crippen LogP contribution in [0.2, 0.25) is 0 Å². The molecule has 0 heterocycles. The van der Waals surface area contributed by atoms with Gasteiger partial charge in [0.2, 0.25) is 0 Å². The van der Waals surface area contributed by atoms with Gasteiger partial charge in [0.25, 0.3) is 0 Å². The Labute approximate surface area is 290 Å². The van der Waals surface area contributed by atoms with Gasteiger partial charge in [0.15, 0.2) is 0 Å². The topological polar surface area (TPSA) is 227 Å². The van der Waals surface area contributed by atoms with E-state index in [2.05, 4.69) is 9.44 Å². The summed E-state index contributed by atoms with van der Waals surface area (Å²) in [7, 11) is -8.34. The number of rotatable bonds is 20. The monoisotopic (exact) mass is 740 g/mol. The third kappa shape index (κ3) is 17.9. The molecule has 0 spiro atoms. The van der Waals surface area contributed by atoms with Crippen LogP contribution in [0.15, 0.2) is 30.3 Å². The Kier molecular flexibility index (Phi) is 19.2. The Hall–Kier alpha value is -3.16. The Morgan fingerprint density at radius 3 is 1.45 bits per heavy atom. The first-order valence-corrected chi connectivity index (χ1v) is 18.3. The van der Waals surface area contributed by atoms with E-state index < -0.39 is 85.8 Å². The second-order valence-corrected chi connectivity index (χ2v) is 15.2. The van der Waals surface area contributed by atoms with Crippen LogP contribution >= 0.6 is 0 Å². The van der Waals surface area contributed by atoms with Crippen molar-refractivity contribution >= 4 is 44.5 Å². The number of carbonyl (C=O) groups is 4. The molecular weight excluding hydrogens is 688 g/mol. The number of aliphatic carboxylic acids is 1. The molecule has 0 amide bonds. The van der Waals surface area contributed by atoms with E-state index in [4.69, 9.17) is 27.7 Å². The molecule has 0 fully saturated rings. The van der Waals surface area contributed by atoms with Crippen LogP contribution in [0.25, 0.3) is 0 Å². The highest BCUT2D eigenvalue weighted by atomic mass is 32.2. The van der Waals surface area contributed by atoms with E-state index in [9.17, 15) is 36.0 Å². The van der Waals surface area contributed by atoms with Crippen LogP contribution in [0.4, 0.5) is 0 Å². The van der Waals surface area contributed by atoms with Gasteiger partial charge < -0.3 is 19.3 Å². The molecule has 0 saturated carbocycles. The smallest absolute Gasteiger partial charge is 0.336 e. The van der Waals surface area contributed by atoms with Crippen molar-refractivity contribution < 1.29 is 63.7 Å². The van der Waals surface area contributed by atoms with Crippen LogP contribution < -0.4 is 9.44 Å². The van der Waals surface area contributed by atoms with Gasteiger partial charge in [-0.1, -0.05) is 44.2 Å². The molecule has 0 aliphatic heterocycles. The first kappa shape index (κ1) is 45.8. The van der Waals surface area contributed by atoms with Crippen molar-refractivity contribution in [1.82, 2.24) is 9.44 Å². The summed E-state index contributed by atoms with van der Waals surface area (Å²) in [5.74, 6) is -4.45. The molecule has 0 aliphatic rings. The molecule has 1 rings (SSSR count). The third-order valence-electron chi connectivity index (χ3n) is 6.95. The van der Waals surface area contributed by atoms with E-state index in [0.717, 1.165) is 5.56 Å².